The number of benzene rings is 1. The minimum absolute atomic E-state index is 0.144. The summed E-state index contributed by atoms with van der Waals surface area (Å²) in [5.74, 6) is -1.56. The summed E-state index contributed by atoms with van der Waals surface area (Å²) in [5.41, 5.74) is 0.119. The number of carboxylic acids is 1. The predicted molar refractivity (Wildman–Crippen MR) is 97.5 cm³/mol. The van der Waals surface area contributed by atoms with Crippen LogP contribution in [-0.2, 0) is 20.9 Å². The molecule has 0 radical (unpaired) electrons. The number of nitrogens with one attached hydrogen (secondary N) is 1. The van der Waals surface area contributed by atoms with Crippen LogP contribution in [0.4, 0.5) is 4.79 Å². The van der Waals surface area contributed by atoms with Crippen LogP contribution < -0.4 is 5.32 Å². The first-order valence-corrected chi connectivity index (χ1v) is 8.62. The Bertz CT molecular complexity index is 625. The summed E-state index contributed by atoms with van der Waals surface area (Å²) in [6.07, 6.45) is -0.464. The van der Waals surface area contributed by atoms with E-state index in [0.717, 1.165) is 5.56 Å². The molecule has 0 aliphatic heterocycles. The lowest BCUT2D eigenvalue weighted by atomic mass is 10.1. The summed E-state index contributed by atoms with van der Waals surface area (Å²) in [5, 5.41) is 12.0. The average molecular weight is 364 g/mol. The Labute approximate surface area is 154 Å². The Morgan fingerprint density at radius 2 is 1.77 bits per heavy atom. The van der Waals surface area contributed by atoms with Crippen LogP contribution in [0.5, 0.6) is 0 Å². The molecule has 0 aliphatic rings. The molecule has 7 nitrogen and oxygen atoms in total. The molecule has 2 atom stereocenters. The number of carbonyl (C=O) groups is 3. The van der Waals surface area contributed by atoms with Crippen molar-refractivity contribution >= 4 is 18.0 Å². The Kier molecular flexibility index (Phi) is 7.61. The lowest BCUT2D eigenvalue weighted by Gasteiger charge is -2.31. The van der Waals surface area contributed by atoms with Crippen LogP contribution in [0.1, 0.15) is 46.6 Å². The number of hydrogen-bond acceptors (Lipinski definition) is 4. The summed E-state index contributed by atoms with van der Waals surface area (Å²) < 4.78 is 5.15. The molecule has 144 valence electrons. The van der Waals surface area contributed by atoms with Gasteiger partial charge in [-0.05, 0) is 39.7 Å². The summed E-state index contributed by atoms with van der Waals surface area (Å²) >= 11 is 0. The number of ether oxygens (including phenoxy) is 1. The zero-order chi connectivity index (χ0) is 19.9. The summed E-state index contributed by atoms with van der Waals surface area (Å²) in [4.78, 5) is 37.6. The van der Waals surface area contributed by atoms with Gasteiger partial charge in [0, 0.05) is 6.54 Å². The van der Waals surface area contributed by atoms with Crippen LogP contribution in [-0.4, -0.2) is 45.7 Å². The fraction of sp³-hybridized carbons (Fsp3) is 0.526. The lowest BCUT2D eigenvalue weighted by Crippen LogP contribution is -2.52. The van der Waals surface area contributed by atoms with Gasteiger partial charge in [-0.25, -0.2) is 9.59 Å². The van der Waals surface area contributed by atoms with Gasteiger partial charge >= 0.3 is 12.1 Å². The van der Waals surface area contributed by atoms with Gasteiger partial charge in [0.25, 0.3) is 0 Å². The quantitative estimate of drug-likeness (QED) is 0.775. The number of carboxylic acid groups (broad SMARTS) is 1. The molecule has 0 saturated heterocycles. The maximum absolute atomic E-state index is 12.8. The van der Waals surface area contributed by atoms with E-state index in [1.807, 2.05) is 30.3 Å². The first kappa shape index (κ1) is 21.5. The number of rotatable bonds is 7. The topological polar surface area (TPSA) is 95.9 Å². The normalized spacial score (nSPS) is 13.4. The monoisotopic (exact) mass is 364 g/mol. The fourth-order valence-electron chi connectivity index (χ4n) is 2.44. The number of hydrogen-bond donors (Lipinski definition) is 2. The molecule has 7 heteroatoms. The largest absolute Gasteiger partial charge is 0.480 e. The molecule has 0 unspecified atom stereocenters. The van der Waals surface area contributed by atoms with Gasteiger partial charge in [0.1, 0.15) is 17.7 Å². The van der Waals surface area contributed by atoms with Crippen molar-refractivity contribution in [3.8, 4) is 0 Å². The van der Waals surface area contributed by atoms with Crippen LogP contribution in [0.3, 0.4) is 0 Å². The minimum atomic E-state index is -1.08. The highest BCUT2D eigenvalue weighted by Gasteiger charge is 2.32. The molecule has 1 aromatic rings. The van der Waals surface area contributed by atoms with Crippen LogP contribution in [0.2, 0.25) is 0 Å². The number of carbonyl (C=O) groups excluding carboxylic acids is 2. The summed E-state index contributed by atoms with van der Waals surface area (Å²) in [6.45, 7) is 8.52. The molecule has 1 rings (SSSR count). The molecule has 0 bridgehead atoms. The maximum Gasteiger partial charge on any atom is 0.408 e. The van der Waals surface area contributed by atoms with Crippen molar-refractivity contribution in [1.29, 1.82) is 0 Å². The third-order valence-electron chi connectivity index (χ3n) is 3.63. The first-order chi connectivity index (χ1) is 12.0. The minimum Gasteiger partial charge on any atom is -0.480 e. The van der Waals surface area contributed by atoms with Crippen LogP contribution >= 0.6 is 0 Å². The van der Waals surface area contributed by atoms with Crippen LogP contribution in [0.25, 0.3) is 0 Å². The zero-order valence-electron chi connectivity index (χ0n) is 16.0. The Morgan fingerprint density at radius 1 is 1.19 bits per heavy atom. The molecule has 1 aromatic carbocycles. The third-order valence-corrected chi connectivity index (χ3v) is 3.63. The second-order valence-electron chi connectivity index (χ2n) is 7.08. The van der Waals surface area contributed by atoms with Gasteiger partial charge in [0.2, 0.25) is 5.91 Å². The molecular formula is C19H28N2O5. The van der Waals surface area contributed by atoms with E-state index in [1.54, 1.807) is 27.7 Å². The van der Waals surface area contributed by atoms with E-state index in [4.69, 9.17) is 4.74 Å². The Balaban J connectivity index is 2.95. The highest BCUT2D eigenvalue weighted by molar-refractivity contribution is 5.89. The molecule has 2 amide bonds. The van der Waals surface area contributed by atoms with Gasteiger partial charge < -0.3 is 20.1 Å². The molecule has 0 fully saturated rings. The van der Waals surface area contributed by atoms with Crippen LogP contribution in [0, 0.1) is 0 Å². The fourth-order valence-corrected chi connectivity index (χ4v) is 2.44. The van der Waals surface area contributed by atoms with Gasteiger partial charge in [0.15, 0.2) is 0 Å². The molecule has 0 aliphatic carbocycles. The first-order valence-electron chi connectivity index (χ1n) is 8.62. The van der Waals surface area contributed by atoms with Crippen molar-refractivity contribution < 1.29 is 24.2 Å². The van der Waals surface area contributed by atoms with Crippen LogP contribution in [0.15, 0.2) is 30.3 Å². The van der Waals surface area contributed by atoms with E-state index in [0.29, 0.717) is 0 Å². The second kappa shape index (κ2) is 9.22. The standard InChI is InChI=1S/C19H28N2O5/c1-6-15(17(23)24)21(12-14-10-8-7-9-11-14)16(22)13(2)20-18(25)26-19(3,4)5/h7-11,13,15H,6,12H2,1-5H3,(H,20,25)(H,23,24)/t13-,15+/m1/s1. The van der Waals surface area contributed by atoms with Crippen molar-refractivity contribution in [1.82, 2.24) is 10.2 Å². The van der Waals surface area contributed by atoms with Crippen molar-refractivity contribution in [2.45, 2.75) is 65.3 Å². The molecular weight excluding hydrogens is 336 g/mol. The van der Waals surface area contributed by atoms with Gasteiger partial charge in [-0.15, -0.1) is 0 Å². The van der Waals surface area contributed by atoms with E-state index >= 15 is 0 Å². The number of aliphatic carboxylic acids is 1. The van der Waals surface area contributed by atoms with Crippen molar-refractivity contribution in [2.75, 3.05) is 0 Å². The van der Waals surface area contributed by atoms with E-state index in [-0.39, 0.29) is 13.0 Å². The Hall–Kier alpha value is -2.57. The molecule has 0 saturated carbocycles. The molecule has 2 N–H and O–H groups in total. The SMILES string of the molecule is CC[C@@H](C(=O)O)N(Cc1ccccc1)C(=O)[C@@H](C)NC(=O)OC(C)(C)C. The highest BCUT2D eigenvalue weighted by Crippen LogP contribution is 2.14. The molecule has 0 spiro atoms. The van der Waals surface area contributed by atoms with Crippen molar-refractivity contribution in [2.24, 2.45) is 0 Å². The number of alkyl carbamates (subject to hydrolysis) is 1. The highest BCUT2D eigenvalue weighted by atomic mass is 16.6. The predicted octanol–water partition coefficient (Wildman–Crippen LogP) is 2.79. The third kappa shape index (κ3) is 6.74. The zero-order valence-corrected chi connectivity index (χ0v) is 16.0. The molecule has 26 heavy (non-hydrogen) atoms. The van der Waals surface area contributed by atoms with Crippen molar-refractivity contribution in [3.63, 3.8) is 0 Å². The van der Waals surface area contributed by atoms with Gasteiger partial charge in [-0.2, -0.15) is 0 Å². The van der Waals surface area contributed by atoms with E-state index in [9.17, 15) is 19.5 Å². The van der Waals surface area contributed by atoms with Crippen molar-refractivity contribution in [3.05, 3.63) is 35.9 Å². The molecule has 0 aromatic heterocycles. The molecule has 0 heterocycles. The second-order valence-corrected chi connectivity index (χ2v) is 7.08. The van der Waals surface area contributed by atoms with Gasteiger partial charge in [-0.1, -0.05) is 37.3 Å². The maximum atomic E-state index is 12.8. The number of amides is 2. The van der Waals surface area contributed by atoms with E-state index in [2.05, 4.69) is 5.32 Å². The van der Waals surface area contributed by atoms with Gasteiger partial charge in [-0.3, -0.25) is 4.79 Å². The summed E-state index contributed by atoms with van der Waals surface area (Å²) in [7, 11) is 0. The smallest absolute Gasteiger partial charge is 0.408 e. The van der Waals surface area contributed by atoms with E-state index < -0.39 is 35.7 Å². The lowest BCUT2D eigenvalue weighted by molar-refractivity contribution is -0.151. The average Bonchev–Trinajstić information content (AvgIpc) is 2.52. The number of nitrogens with zero attached hydrogens (tertiary/aromatic N) is 1. The summed E-state index contributed by atoms with van der Waals surface area (Å²) in [6, 6.07) is 7.23. The Morgan fingerprint density at radius 3 is 2.23 bits per heavy atom. The van der Waals surface area contributed by atoms with E-state index in [1.165, 1.54) is 11.8 Å². The van der Waals surface area contributed by atoms with Gasteiger partial charge in [0.05, 0.1) is 0 Å².